The zero-order valence-electron chi connectivity index (χ0n) is 20.6. The van der Waals surface area contributed by atoms with Crippen LogP contribution in [0.25, 0.3) is 22.0 Å². The lowest BCUT2D eigenvalue weighted by atomic mass is 10.0. The molecular weight excluding hydrogens is 593 g/mol. The number of halogens is 1. The van der Waals surface area contributed by atoms with Crippen LogP contribution in [0.4, 0.5) is 11.4 Å². The predicted octanol–water partition coefficient (Wildman–Crippen LogP) is 5.98. The van der Waals surface area contributed by atoms with E-state index in [9.17, 15) is 4.79 Å². The Hall–Kier alpha value is -3.08. The van der Waals surface area contributed by atoms with E-state index in [1.807, 2.05) is 35.4 Å². The summed E-state index contributed by atoms with van der Waals surface area (Å²) in [6.07, 6.45) is 1.86. The van der Waals surface area contributed by atoms with Gasteiger partial charge in [-0.2, -0.15) is 0 Å². The molecule has 1 fully saturated rings. The lowest BCUT2D eigenvalue weighted by molar-refractivity contribution is -0.130. The van der Waals surface area contributed by atoms with Gasteiger partial charge in [-0.3, -0.25) is 14.7 Å². The van der Waals surface area contributed by atoms with Crippen LogP contribution in [0.15, 0.2) is 79.0 Å². The molecule has 0 bridgehead atoms. The first-order valence-electron chi connectivity index (χ1n) is 12.2. The number of fused-ring (bicyclic) bond motifs is 1. The van der Waals surface area contributed by atoms with E-state index < -0.39 is 0 Å². The molecule has 0 radical (unpaired) electrons. The van der Waals surface area contributed by atoms with Crippen molar-refractivity contribution in [2.24, 2.45) is 0 Å². The highest BCUT2D eigenvalue weighted by molar-refractivity contribution is 14.1. The molecule has 188 valence electrons. The maximum absolute atomic E-state index is 11.5. The highest BCUT2D eigenvalue weighted by atomic mass is 127. The third-order valence-corrected chi connectivity index (χ3v) is 7.73. The van der Waals surface area contributed by atoms with E-state index in [-0.39, 0.29) is 5.91 Å². The van der Waals surface area contributed by atoms with Gasteiger partial charge in [-0.1, -0.05) is 36.4 Å². The van der Waals surface area contributed by atoms with Crippen molar-refractivity contribution < 1.29 is 4.79 Å². The number of nitrogens with zero attached hydrogens (tertiary/aromatic N) is 3. The highest BCUT2D eigenvalue weighted by Gasteiger charge is 2.18. The molecular formula is C29H28IN5OS. The number of hydrogen-bond acceptors (Lipinski definition) is 4. The summed E-state index contributed by atoms with van der Waals surface area (Å²) in [5.41, 5.74) is 5.11. The summed E-state index contributed by atoms with van der Waals surface area (Å²) in [6.45, 7) is 5.92. The van der Waals surface area contributed by atoms with Crippen molar-refractivity contribution in [1.82, 2.24) is 14.8 Å². The van der Waals surface area contributed by atoms with E-state index in [0.717, 1.165) is 64.3 Å². The maximum atomic E-state index is 11.5. The van der Waals surface area contributed by atoms with E-state index in [1.165, 1.54) is 10.9 Å². The molecule has 1 aliphatic heterocycles. The number of benzene rings is 3. The molecule has 1 aliphatic rings. The van der Waals surface area contributed by atoms with Gasteiger partial charge in [0.2, 0.25) is 5.91 Å². The number of carbonyl (C=O) groups is 1. The fourth-order valence-corrected chi connectivity index (χ4v) is 5.41. The number of anilines is 2. The number of amides is 1. The molecule has 1 aromatic heterocycles. The predicted molar refractivity (Wildman–Crippen MR) is 164 cm³/mol. The van der Waals surface area contributed by atoms with Gasteiger partial charge in [-0.25, -0.2) is 0 Å². The summed E-state index contributed by atoms with van der Waals surface area (Å²) in [6, 6.07) is 24.9. The van der Waals surface area contributed by atoms with Crippen molar-refractivity contribution >= 4 is 68.0 Å². The van der Waals surface area contributed by atoms with Crippen LogP contribution in [0, 0.1) is 3.57 Å². The first-order chi connectivity index (χ1) is 18.0. The molecule has 2 N–H and O–H groups in total. The van der Waals surface area contributed by atoms with Crippen LogP contribution in [0.2, 0.25) is 0 Å². The molecule has 6 nitrogen and oxygen atoms in total. The Morgan fingerprint density at radius 3 is 2.41 bits per heavy atom. The number of nitrogens with one attached hydrogen (secondary N) is 2. The number of carbonyl (C=O) groups excluding carboxylic acids is 1. The molecule has 2 heterocycles. The Morgan fingerprint density at radius 1 is 0.946 bits per heavy atom. The van der Waals surface area contributed by atoms with Crippen LogP contribution >= 0.6 is 34.8 Å². The normalized spacial score (nSPS) is 13.9. The summed E-state index contributed by atoms with van der Waals surface area (Å²) < 4.78 is 1.13. The summed E-state index contributed by atoms with van der Waals surface area (Å²) >= 11 is 7.96. The zero-order valence-corrected chi connectivity index (χ0v) is 23.6. The highest BCUT2D eigenvalue weighted by Crippen LogP contribution is 2.32. The number of aromatic nitrogens is 1. The number of thiocarbonyl (C=S) groups is 1. The quantitative estimate of drug-likeness (QED) is 0.211. The van der Waals surface area contributed by atoms with E-state index in [4.69, 9.17) is 12.2 Å². The van der Waals surface area contributed by atoms with Crippen LogP contribution in [0.1, 0.15) is 12.5 Å². The van der Waals surface area contributed by atoms with Gasteiger partial charge in [0.1, 0.15) is 0 Å². The van der Waals surface area contributed by atoms with Crippen molar-refractivity contribution in [2.45, 2.75) is 13.5 Å². The van der Waals surface area contributed by atoms with Gasteiger partial charge in [0, 0.05) is 71.7 Å². The van der Waals surface area contributed by atoms with E-state index in [0.29, 0.717) is 5.11 Å². The van der Waals surface area contributed by atoms with Gasteiger partial charge in [-0.15, -0.1) is 0 Å². The second kappa shape index (κ2) is 11.5. The smallest absolute Gasteiger partial charge is 0.219 e. The van der Waals surface area contributed by atoms with Crippen molar-refractivity contribution in [3.05, 3.63) is 88.1 Å². The van der Waals surface area contributed by atoms with Gasteiger partial charge in [0.15, 0.2) is 5.11 Å². The van der Waals surface area contributed by atoms with Crippen molar-refractivity contribution in [2.75, 3.05) is 36.8 Å². The van der Waals surface area contributed by atoms with Crippen LogP contribution < -0.4 is 10.6 Å². The van der Waals surface area contributed by atoms with Crippen LogP contribution in [0.3, 0.4) is 0 Å². The van der Waals surface area contributed by atoms with E-state index >= 15 is 0 Å². The summed E-state index contributed by atoms with van der Waals surface area (Å²) in [5, 5.41) is 9.43. The van der Waals surface area contributed by atoms with Gasteiger partial charge in [0.05, 0.1) is 5.69 Å². The fourth-order valence-electron chi connectivity index (χ4n) is 4.58. The lowest BCUT2D eigenvalue weighted by Gasteiger charge is -2.34. The number of hydrogen-bond donors (Lipinski definition) is 2. The zero-order chi connectivity index (χ0) is 25.8. The second-order valence-corrected chi connectivity index (χ2v) is 10.7. The minimum absolute atomic E-state index is 0.159. The van der Waals surface area contributed by atoms with Crippen LogP contribution in [-0.4, -0.2) is 52.0 Å². The molecule has 37 heavy (non-hydrogen) atoms. The van der Waals surface area contributed by atoms with Gasteiger partial charge in [-0.05, 0) is 82.2 Å². The lowest BCUT2D eigenvalue weighted by Crippen LogP contribution is -2.47. The molecule has 0 saturated carbocycles. The summed E-state index contributed by atoms with van der Waals surface area (Å²) in [5.74, 6) is 0.159. The number of piperazine rings is 1. The van der Waals surface area contributed by atoms with Crippen LogP contribution in [-0.2, 0) is 11.3 Å². The van der Waals surface area contributed by atoms with Gasteiger partial charge in [0.25, 0.3) is 0 Å². The number of rotatable bonds is 5. The van der Waals surface area contributed by atoms with Crippen molar-refractivity contribution in [1.29, 1.82) is 0 Å². The average Bonchev–Trinajstić information content (AvgIpc) is 2.91. The summed E-state index contributed by atoms with van der Waals surface area (Å²) in [7, 11) is 0. The van der Waals surface area contributed by atoms with Crippen molar-refractivity contribution in [3.63, 3.8) is 0 Å². The van der Waals surface area contributed by atoms with Gasteiger partial charge < -0.3 is 15.5 Å². The van der Waals surface area contributed by atoms with Gasteiger partial charge >= 0.3 is 0 Å². The molecule has 0 atom stereocenters. The third kappa shape index (κ3) is 6.26. The topological polar surface area (TPSA) is 60.5 Å². The molecule has 0 unspecified atom stereocenters. The van der Waals surface area contributed by atoms with E-state index in [1.54, 1.807) is 6.92 Å². The third-order valence-electron chi connectivity index (χ3n) is 6.59. The van der Waals surface area contributed by atoms with Crippen molar-refractivity contribution in [3.8, 4) is 11.3 Å². The maximum Gasteiger partial charge on any atom is 0.219 e. The molecule has 1 amide bonds. The monoisotopic (exact) mass is 621 g/mol. The molecule has 0 spiro atoms. The van der Waals surface area contributed by atoms with Crippen LogP contribution in [0.5, 0.6) is 0 Å². The molecule has 0 aliphatic carbocycles. The largest absolute Gasteiger partial charge is 0.340 e. The fraction of sp³-hybridized carbons (Fsp3) is 0.207. The Kier molecular flexibility index (Phi) is 7.97. The Bertz CT molecular complexity index is 1430. The minimum atomic E-state index is 0.159. The van der Waals surface area contributed by atoms with E-state index in [2.05, 4.69) is 91.6 Å². The molecule has 3 aromatic carbocycles. The standard InChI is InChI=1S/C29H28IN5OS/c1-20(36)35-16-14-34(15-17-35)19-21-6-8-23(9-7-21)32-29(37)33-24-10-11-27(30)26(18-24)28-25-5-3-2-4-22(25)12-13-31-28/h2-13,18H,14-17,19H2,1H3,(H2,32,33,37). The average molecular weight is 622 g/mol. The first kappa shape index (κ1) is 25.6. The Balaban J connectivity index is 1.21. The second-order valence-electron chi connectivity index (χ2n) is 9.13. The minimum Gasteiger partial charge on any atom is -0.340 e. The molecule has 4 aromatic rings. The Morgan fingerprint density at radius 2 is 1.65 bits per heavy atom. The Labute approximate surface area is 236 Å². The SMILES string of the molecule is CC(=O)N1CCN(Cc2ccc(NC(=S)Nc3ccc(I)c(-c4nccc5ccccc45)c3)cc2)CC1. The first-order valence-corrected chi connectivity index (χ1v) is 13.7. The molecule has 1 saturated heterocycles. The molecule has 8 heteroatoms. The number of pyridine rings is 1. The molecule has 5 rings (SSSR count). The summed E-state index contributed by atoms with van der Waals surface area (Å²) in [4.78, 5) is 20.5.